The molecule has 2 aliphatic rings. The van der Waals surface area contributed by atoms with Crippen molar-refractivity contribution in [3.63, 3.8) is 0 Å². The van der Waals surface area contributed by atoms with Gasteiger partial charge in [0.15, 0.2) is 5.82 Å². The molecule has 6 heteroatoms. The summed E-state index contributed by atoms with van der Waals surface area (Å²) < 4.78 is 8.17. The molecule has 0 spiro atoms. The Bertz CT molecular complexity index is 598. The normalized spacial score (nSPS) is 27.3. The predicted octanol–water partition coefficient (Wildman–Crippen LogP) is 2.88. The highest BCUT2D eigenvalue weighted by atomic mass is 16.5. The van der Waals surface area contributed by atoms with E-state index in [2.05, 4.69) is 40.9 Å². The number of aryl methyl sites for hydroxylation is 1. The van der Waals surface area contributed by atoms with E-state index in [9.17, 15) is 4.79 Å². The Morgan fingerprint density at radius 2 is 2.12 bits per heavy atom. The van der Waals surface area contributed by atoms with Crippen LogP contribution in [0.15, 0.2) is 0 Å². The van der Waals surface area contributed by atoms with Gasteiger partial charge in [0.05, 0.1) is 12.1 Å². The lowest BCUT2D eigenvalue weighted by Crippen LogP contribution is -2.38. The van der Waals surface area contributed by atoms with E-state index in [-0.39, 0.29) is 24.7 Å². The maximum atomic E-state index is 12.4. The number of fused-ring (bicyclic) bond motifs is 1. The van der Waals surface area contributed by atoms with Crippen LogP contribution in [0.5, 0.6) is 0 Å². The minimum atomic E-state index is -0.137. The lowest BCUT2D eigenvalue weighted by molar-refractivity contribution is -0.132. The summed E-state index contributed by atoms with van der Waals surface area (Å²) >= 11 is 0. The molecule has 1 fully saturated rings. The van der Waals surface area contributed by atoms with Crippen molar-refractivity contribution in [2.45, 2.75) is 78.5 Å². The standard InChI is InChI=1S/C19H32N4O2/c1-12(2)15-8-7-13(3)10-16(15)25-11-18(24)20-14(4)19-22-21-17-6-5-9-23(17)19/h12-16H,5-11H2,1-4H3,(H,20,24)/t13-,14-,15-,16+/m1/s1. The van der Waals surface area contributed by atoms with E-state index < -0.39 is 0 Å². The quantitative estimate of drug-likeness (QED) is 0.858. The summed E-state index contributed by atoms with van der Waals surface area (Å²) in [5, 5.41) is 11.5. The highest BCUT2D eigenvalue weighted by Gasteiger charge is 2.32. The molecule has 0 bridgehead atoms. The fourth-order valence-electron chi connectivity index (χ4n) is 4.33. The van der Waals surface area contributed by atoms with Crippen molar-refractivity contribution >= 4 is 5.91 Å². The van der Waals surface area contributed by atoms with Crippen LogP contribution in [0, 0.1) is 17.8 Å². The van der Waals surface area contributed by atoms with E-state index in [0.29, 0.717) is 17.8 Å². The highest BCUT2D eigenvalue weighted by molar-refractivity contribution is 5.77. The van der Waals surface area contributed by atoms with Crippen LogP contribution in [0.25, 0.3) is 0 Å². The number of carbonyl (C=O) groups is 1. The third-order valence-corrected chi connectivity index (χ3v) is 5.79. The smallest absolute Gasteiger partial charge is 0.246 e. The molecule has 1 saturated carbocycles. The average Bonchev–Trinajstić information content (AvgIpc) is 3.15. The summed E-state index contributed by atoms with van der Waals surface area (Å²) in [5.41, 5.74) is 0. The van der Waals surface area contributed by atoms with Gasteiger partial charge in [0.25, 0.3) is 0 Å². The first-order valence-electron chi connectivity index (χ1n) is 9.78. The molecule has 1 N–H and O–H groups in total. The first kappa shape index (κ1) is 18.4. The summed E-state index contributed by atoms with van der Waals surface area (Å²) in [6.45, 7) is 9.83. The van der Waals surface area contributed by atoms with Gasteiger partial charge < -0.3 is 14.6 Å². The number of amides is 1. The Balaban J connectivity index is 1.51. The zero-order chi connectivity index (χ0) is 18.0. The Labute approximate surface area is 150 Å². The molecule has 1 aromatic heterocycles. The summed E-state index contributed by atoms with van der Waals surface area (Å²) in [6, 6.07) is -0.137. The van der Waals surface area contributed by atoms with E-state index in [1.165, 1.54) is 12.8 Å². The number of ether oxygens (including phenoxy) is 1. The van der Waals surface area contributed by atoms with E-state index in [0.717, 1.165) is 37.5 Å². The molecule has 0 saturated heterocycles. The number of rotatable bonds is 6. The van der Waals surface area contributed by atoms with E-state index in [4.69, 9.17) is 4.74 Å². The van der Waals surface area contributed by atoms with Crippen molar-refractivity contribution < 1.29 is 9.53 Å². The molecule has 1 aliphatic carbocycles. The summed E-state index contributed by atoms with van der Waals surface area (Å²) in [7, 11) is 0. The molecule has 6 nitrogen and oxygen atoms in total. The molecular weight excluding hydrogens is 316 g/mol. The van der Waals surface area contributed by atoms with Gasteiger partial charge in [0.2, 0.25) is 5.91 Å². The van der Waals surface area contributed by atoms with E-state index in [1.807, 2.05) is 6.92 Å². The number of hydrogen-bond acceptors (Lipinski definition) is 4. The van der Waals surface area contributed by atoms with Gasteiger partial charge in [0, 0.05) is 13.0 Å². The summed E-state index contributed by atoms with van der Waals surface area (Å²) in [6.07, 6.45) is 5.81. The Hall–Kier alpha value is -1.43. The third-order valence-electron chi connectivity index (χ3n) is 5.79. The average molecular weight is 348 g/mol. The van der Waals surface area contributed by atoms with Gasteiger partial charge >= 0.3 is 0 Å². The first-order chi connectivity index (χ1) is 12.0. The zero-order valence-electron chi connectivity index (χ0n) is 16.0. The predicted molar refractivity (Wildman–Crippen MR) is 96.0 cm³/mol. The molecule has 2 heterocycles. The molecule has 4 atom stereocenters. The Kier molecular flexibility index (Phi) is 5.77. The first-order valence-corrected chi connectivity index (χ1v) is 9.78. The van der Waals surface area contributed by atoms with E-state index >= 15 is 0 Å². The van der Waals surface area contributed by atoms with Gasteiger partial charge in [0.1, 0.15) is 12.4 Å². The summed E-state index contributed by atoms with van der Waals surface area (Å²) in [5.74, 6) is 3.65. The van der Waals surface area contributed by atoms with Crippen molar-refractivity contribution in [2.24, 2.45) is 17.8 Å². The van der Waals surface area contributed by atoms with Crippen LogP contribution >= 0.6 is 0 Å². The van der Waals surface area contributed by atoms with Gasteiger partial charge in [-0.05, 0) is 43.9 Å². The van der Waals surface area contributed by atoms with Crippen molar-refractivity contribution in [1.29, 1.82) is 0 Å². The second kappa shape index (κ2) is 7.85. The van der Waals surface area contributed by atoms with Crippen LogP contribution in [0.4, 0.5) is 0 Å². The van der Waals surface area contributed by atoms with Crippen molar-refractivity contribution in [2.75, 3.05) is 6.61 Å². The van der Waals surface area contributed by atoms with Gasteiger partial charge in [-0.1, -0.05) is 27.2 Å². The number of carbonyl (C=O) groups excluding carboxylic acids is 1. The molecule has 0 aromatic carbocycles. The molecule has 0 radical (unpaired) electrons. The maximum absolute atomic E-state index is 12.4. The highest BCUT2D eigenvalue weighted by Crippen LogP contribution is 2.35. The van der Waals surface area contributed by atoms with Crippen LogP contribution in [0.2, 0.25) is 0 Å². The second-order valence-corrected chi connectivity index (χ2v) is 8.19. The molecule has 1 aromatic rings. The lowest BCUT2D eigenvalue weighted by Gasteiger charge is -2.37. The zero-order valence-corrected chi connectivity index (χ0v) is 16.0. The molecule has 3 rings (SSSR count). The van der Waals surface area contributed by atoms with Gasteiger partial charge in [-0.25, -0.2) is 0 Å². The topological polar surface area (TPSA) is 69.0 Å². The molecule has 1 aliphatic heterocycles. The minimum Gasteiger partial charge on any atom is -0.368 e. The summed E-state index contributed by atoms with van der Waals surface area (Å²) in [4.78, 5) is 12.4. The Morgan fingerprint density at radius 3 is 2.88 bits per heavy atom. The molecule has 1 amide bonds. The number of nitrogens with one attached hydrogen (secondary N) is 1. The van der Waals surface area contributed by atoms with Gasteiger partial charge in [-0.2, -0.15) is 0 Å². The van der Waals surface area contributed by atoms with Crippen molar-refractivity contribution in [3.8, 4) is 0 Å². The van der Waals surface area contributed by atoms with Crippen LogP contribution < -0.4 is 5.32 Å². The lowest BCUT2D eigenvalue weighted by atomic mass is 9.75. The van der Waals surface area contributed by atoms with Crippen LogP contribution in [-0.2, 0) is 22.5 Å². The third kappa shape index (κ3) is 4.22. The monoisotopic (exact) mass is 348 g/mol. The van der Waals surface area contributed by atoms with E-state index in [1.54, 1.807) is 0 Å². The van der Waals surface area contributed by atoms with Crippen molar-refractivity contribution in [1.82, 2.24) is 20.1 Å². The van der Waals surface area contributed by atoms with Crippen LogP contribution in [-0.4, -0.2) is 33.4 Å². The molecule has 25 heavy (non-hydrogen) atoms. The SMILES string of the molecule is CC(C)[C@H]1CC[C@@H](C)C[C@@H]1OCC(=O)N[C@H](C)c1nnc2n1CCC2. The number of hydrogen-bond donors (Lipinski definition) is 1. The number of aromatic nitrogens is 3. The van der Waals surface area contributed by atoms with Gasteiger partial charge in [-0.3, -0.25) is 4.79 Å². The van der Waals surface area contributed by atoms with Gasteiger partial charge in [-0.15, -0.1) is 10.2 Å². The molecular formula is C19H32N4O2. The second-order valence-electron chi connectivity index (χ2n) is 8.19. The van der Waals surface area contributed by atoms with Crippen LogP contribution in [0.3, 0.4) is 0 Å². The fraction of sp³-hybridized carbons (Fsp3) is 0.842. The molecule has 140 valence electrons. The minimum absolute atomic E-state index is 0.0661. The molecule has 0 unspecified atom stereocenters. The Morgan fingerprint density at radius 1 is 1.32 bits per heavy atom. The largest absolute Gasteiger partial charge is 0.368 e. The van der Waals surface area contributed by atoms with Crippen molar-refractivity contribution in [3.05, 3.63) is 11.6 Å². The van der Waals surface area contributed by atoms with Crippen LogP contribution in [0.1, 0.15) is 71.1 Å². The fourth-order valence-corrected chi connectivity index (χ4v) is 4.33. The number of nitrogens with zero attached hydrogens (tertiary/aromatic N) is 3. The maximum Gasteiger partial charge on any atom is 0.246 e.